The smallest absolute Gasteiger partial charge is 0.411 e. The fourth-order valence-electron chi connectivity index (χ4n) is 3.53. The van der Waals surface area contributed by atoms with Crippen molar-refractivity contribution in [3.63, 3.8) is 0 Å². The molecule has 0 radical (unpaired) electrons. The topological polar surface area (TPSA) is 38.8 Å². The molecule has 5 heteroatoms. The van der Waals surface area contributed by atoms with Crippen LogP contribution < -0.4 is 4.74 Å². The molecule has 2 aromatic rings. The summed E-state index contributed by atoms with van der Waals surface area (Å²) in [7, 11) is 1.62. The van der Waals surface area contributed by atoms with Crippen LogP contribution in [0.15, 0.2) is 61.2 Å². The van der Waals surface area contributed by atoms with E-state index in [9.17, 15) is 9.18 Å². The van der Waals surface area contributed by atoms with Crippen molar-refractivity contribution in [1.29, 1.82) is 0 Å². The second kappa shape index (κ2) is 7.82. The van der Waals surface area contributed by atoms with Crippen LogP contribution in [-0.4, -0.2) is 24.6 Å². The number of nitrogens with zero attached hydrogens (tertiary/aromatic N) is 1. The maximum Gasteiger partial charge on any atom is 0.411 e. The Bertz CT molecular complexity index is 803. The first-order chi connectivity index (χ1) is 13.0. The number of halogens is 1. The van der Waals surface area contributed by atoms with Gasteiger partial charge in [-0.15, -0.1) is 6.58 Å². The summed E-state index contributed by atoms with van der Waals surface area (Å²) in [5.41, 5.74) is 0.988. The SMILES string of the molecule is C=CC[C@@]1(c2ccc(F)cc2)CCN([C@@H](C)c2ccc(OC)cc2)C(=O)O1. The van der Waals surface area contributed by atoms with Gasteiger partial charge < -0.3 is 14.4 Å². The summed E-state index contributed by atoms with van der Waals surface area (Å²) >= 11 is 0. The van der Waals surface area contributed by atoms with Gasteiger partial charge in [0.05, 0.1) is 13.2 Å². The van der Waals surface area contributed by atoms with E-state index in [1.54, 1.807) is 30.2 Å². The predicted octanol–water partition coefficient (Wildman–Crippen LogP) is 5.21. The van der Waals surface area contributed by atoms with Crippen molar-refractivity contribution in [3.05, 3.63) is 78.1 Å². The van der Waals surface area contributed by atoms with Gasteiger partial charge in [-0.05, 0) is 42.3 Å². The van der Waals surface area contributed by atoms with Gasteiger partial charge in [0, 0.05) is 19.4 Å². The molecule has 1 heterocycles. The van der Waals surface area contributed by atoms with E-state index in [-0.39, 0.29) is 18.0 Å². The number of carbonyl (C=O) groups is 1. The lowest BCUT2D eigenvalue weighted by Crippen LogP contribution is -2.48. The molecule has 0 unspecified atom stereocenters. The second-order valence-electron chi connectivity index (χ2n) is 6.75. The highest BCUT2D eigenvalue weighted by Gasteiger charge is 2.42. The van der Waals surface area contributed by atoms with Crippen molar-refractivity contribution >= 4 is 6.09 Å². The molecule has 0 aliphatic carbocycles. The minimum Gasteiger partial charge on any atom is -0.497 e. The zero-order valence-corrected chi connectivity index (χ0v) is 15.7. The lowest BCUT2D eigenvalue weighted by Gasteiger charge is -2.43. The molecule has 27 heavy (non-hydrogen) atoms. The van der Waals surface area contributed by atoms with Crippen LogP contribution in [-0.2, 0) is 10.3 Å². The molecule has 3 rings (SSSR count). The average Bonchev–Trinajstić information content (AvgIpc) is 2.68. The molecule has 0 bridgehead atoms. The van der Waals surface area contributed by atoms with E-state index in [2.05, 4.69) is 6.58 Å². The zero-order valence-electron chi connectivity index (χ0n) is 15.7. The van der Waals surface area contributed by atoms with Gasteiger partial charge in [0.2, 0.25) is 0 Å². The highest BCUT2D eigenvalue weighted by atomic mass is 19.1. The lowest BCUT2D eigenvalue weighted by atomic mass is 9.85. The van der Waals surface area contributed by atoms with Crippen LogP contribution in [0, 0.1) is 5.82 Å². The lowest BCUT2D eigenvalue weighted by molar-refractivity contribution is -0.0588. The van der Waals surface area contributed by atoms with Gasteiger partial charge in [-0.3, -0.25) is 0 Å². The fraction of sp³-hybridized carbons (Fsp3) is 0.318. The summed E-state index contributed by atoms with van der Waals surface area (Å²) in [5.74, 6) is 0.456. The van der Waals surface area contributed by atoms with Crippen LogP contribution in [0.4, 0.5) is 9.18 Å². The van der Waals surface area contributed by atoms with Crippen molar-refractivity contribution < 1.29 is 18.7 Å². The molecule has 0 spiro atoms. The number of hydrogen-bond acceptors (Lipinski definition) is 3. The minimum atomic E-state index is -0.803. The summed E-state index contributed by atoms with van der Waals surface area (Å²) in [4.78, 5) is 14.5. The molecular weight excluding hydrogens is 345 g/mol. The van der Waals surface area contributed by atoms with Gasteiger partial charge >= 0.3 is 6.09 Å². The first-order valence-corrected chi connectivity index (χ1v) is 8.99. The van der Waals surface area contributed by atoms with Gasteiger partial charge in [0.25, 0.3) is 0 Å². The first-order valence-electron chi connectivity index (χ1n) is 8.99. The quantitative estimate of drug-likeness (QED) is 0.656. The zero-order chi connectivity index (χ0) is 19.4. The summed E-state index contributed by atoms with van der Waals surface area (Å²) < 4.78 is 24.4. The number of amides is 1. The molecule has 0 N–H and O–H groups in total. The number of carbonyl (C=O) groups excluding carboxylic acids is 1. The molecule has 1 aliphatic heterocycles. The van der Waals surface area contributed by atoms with Gasteiger partial charge in [0.1, 0.15) is 17.2 Å². The molecule has 142 valence electrons. The Balaban J connectivity index is 1.80. The number of benzene rings is 2. The van der Waals surface area contributed by atoms with Gasteiger partial charge in [0.15, 0.2) is 0 Å². The van der Waals surface area contributed by atoms with Crippen LogP contribution in [0.1, 0.15) is 36.9 Å². The van der Waals surface area contributed by atoms with E-state index in [0.29, 0.717) is 19.4 Å². The van der Waals surface area contributed by atoms with Crippen molar-refractivity contribution in [1.82, 2.24) is 4.90 Å². The van der Waals surface area contributed by atoms with E-state index in [4.69, 9.17) is 9.47 Å². The van der Waals surface area contributed by atoms with Gasteiger partial charge in [-0.1, -0.05) is 30.3 Å². The Hall–Kier alpha value is -2.82. The minimum absolute atomic E-state index is 0.127. The summed E-state index contributed by atoms with van der Waals surface area (Å²) in [6.07, 6.45) is 2.45. The normalized spacial score (nSPS) is 20.7. The Morgan fingerprint density at radius 3 is 2.48 bits per heavy atom. The Morgan fingerprint density at radius 2 is 1.93 bits per heavy atom. The third-order valence-corrected chi connectivity index (χ3v) is 5.18. The highest BCUT2D eigenvalue weighted by molar-refractivity contribution is 5.70. The molecule has 1 amide bonds. The van der Waals surface area contributed by atoms with Crippen molar-refractivity contribution in [2.24, 2.45) is 0 Å². The summed E-state index contributed by atoms with van der Waals surface area (Å²) in [5, 5.41) is 0. The molecule has 0 saturated carbocycles. The number of hydrogen-bond donors (Lipinski definition) is 0. The molecule has 2 aromatic carbocycles. The van der Waals surface area contributed by atoms with Crippen LogP contribution in [0.3, 0.4) is 0 Å². The maximum atomic E-state index is 13.3. The largest absolute Gasteiger partial charge is 0.497 e. The molecule has 1 fully saturated rings. The number of methoxy groups -OCH3 is 1. The fourth-order valence-corrected chi connectivity index (χ4v) is 3.53. The Morgan fingerprint density at radius 1 is 1.26 bits per heavy atom. The van der Waals surface area contributed by atoms with Crippen molar-refractivity contribution in [2.75, 3.05) is 13.7 Å². The Labute approximate surface area is 159 Å². The monoisotopic (exact) mass is 369 g/mol. The molecule has 2 atom stereocenters. The standard InChI is InChI=1S/C22H24FNO3/c1-4-13-22(18-7-9-19(23)10-8-18)14-15-24(21(25)27-22)16(2)17-5-11-20(26-3)12-6-17/h4-12,16H,1,13-15H2,2-3H3/t16-,22-/m0/s1. The van der Waals surface area contributed by atoms with Gasteiger partial charge in [-0.2, -0.15) is 0 Å². The first kappa shape index (κ1) is 19.0. The van der Waals surface area contributed by atoms with E-state index >= 15 is 0 Å². The van der Waals surface area contributed by atoms with Crippen molar-refractivity contribution in [3.8, 4) is 5.75 Å². The third-order valence-electron chi connectivity index (χ3n) is 5.18. The summed E-state index contributed by atoms with van der Waals surface area (Å²) in [6, 6.07) is 13.6. The van der Waals surface area contributed by atoms with E-state index in [1.807, 2.05) is 31.2 Å². The van der Waals surface area contributed by atoms with E-state index < -0.39 is 5.60 Å². The molecule has 0 aromatic heterocycles. The predicted molar refractivity (Wildman–Crippen MR) is 102 cm³/mol. The highest BCUT2D eigenvalue weighted by Crippen LogP contribution is 2.40. The van der Waals surface area contributed by atoms with E-state index in [0.717, 1.165) is 16.9 Å². The van der Waals surface area contributed by atoms with Crippen LogP contribution in [0.5, 0.6) is 5.75 Å². The molecule has 1 aliphatic rings. The van der Waals surface area contributed by atoms with Crippen LogP contribution in [0.25, 0.3) is 0 Å². The van der Waals surface area contributed by atoms with Crippen LogP contribution in [0.2, 0.25) is 0 Å². The average molecular weight is 369 g/mol. The third kappa shape index (κ3) is 3.82. The number of cyclic esters (lactones) is 1. The Kier molecular flexibility index (Phi) is 5.49. The second-order valence-corrected chi connectivity index (χ2v) is 6.75. The number of ether oxygens (including phenoxy) is 2. The van der Waals surface area contributed by atoms with E-state index in [1.165, 1.54) is 12.1 Å². The van der Waals surface area contributed by atoms with Crippen LogP contribution >= 0.6 is 0 Å². The number of rotatable bonds is 6. The van der Waals surface area contributed by atoms with Gasteiger partial charge in [-0.25, -0.2) is 9.18 Å². The summed E-state index contributed by atoms with van der Waals surface area (Å²) in [6.45, 7) is 6.31. The van der Waals surface area contributed by atoms with Crippen molar-refractivity contribution in [2.45, 2.75) is 31.4 Å². The molecule has 1 saturated heterocycles. The maximum absolute atomic E-state index is 13.3. The molecular formula is C22H24FNO3. The molecule has 4 nitrogen and oxygen atoms in total.